The number of rotatable bonds is 3. The topological polar surface area (TPSA) is 55.1 Å². The number of carboxylic acid groups (broad SMARTS) is 1. The highest BCUT2D eigenvalue weighted by Crippen LogP contribution is 2.36. The van der Waals surface area contributed by atoms with Crippen LogP contribution in [0.25, 0.3) is 11.0 Å². The molecule has 0 radical (unpaired) electrons. The molecule has 1 heterocycles. The minimum atomic E-state index is -0.906. The summed E-state index contributed by atoms with van der Waals surface area (Å²) in [7, 11) is 0. The molecule has 1 aliphatic carbocycles. The summed E-state index contributed by atoms with van der Waals surface area (Å²) in [4.78, 5) is 15.9. The molecule has 1 N–H and O–H groups in total. The molecule has 3 rings (SSSR count). The number of fused-ring (bicyclic) bond motifs is 1. The summed E-state index contributed by atoms with van der Waals surface area (Å²) in [5, 5.41) is 10.1. The molecule has 0 aliphatic heterocycles. The molecule has 4 nitrogen and oxygen atoms in total. The Hall–Kier alpha value is -1.49. The molecule has 2 aromatic rings. The Morgan fingerprint density at radius 2 is 2.05 bits per heavy atom. The largest absolute Gasteiger partial charge is 0.478 e. The van der Waals surface area contributed by atoms with Gasteiger partial charge in [-0.25, -0.2) is 9.78 Å². The number of aromatic nitrogens is 2. The Bertz CT molecular complexity index is 672. The number of aryl methyl sites for hydroxylation is 1. The summed E-state index contributed by atoms with van der Waals surface area (Å²) in [5.41, 5.74) is 1.88. The minimum Gasteiger partial charge on any atom is -0.478 e. The zero-order chi connectivity index (χ0) is 15.0. The molecule has 0 saturated heterocycles. The van der Waals surface area contributed by atoms with Gasteiger partial charge in [-0.1, -0.05) is 6.07 Å². The number of nitrogens with zero attached hydrogens (tertiary/aromatic N) is 2. The van der Waals surface area contributed by atoms with E-state index < -0.39 is 5.97 Å². The average molecular weight is 304 g/mol. The Labute approximate surface area is 128 Å². The highest BCUT2D eigenvalue weighted by molar-refractivity contribution is 7.99. The van der Waals surface area contributed by atoms with Gasteiger partial charge in [0, 0.05) is 11.3 Å². The molecule has 1 aromatic carbocycles. The van der Waals surface area contributed by atoms with Crippen molar-refractivity contribution in [3.05, 3.63) is 29.6 Å². The van der Waals surface area contributed by atoms with Gasteiger partial charge in [0.2, 0.25) is 0 Å². The Balaban J connectivity index is 2.02. The summed E-state index contributed by atoms with van der Waals surface area (Å²) >= 11 is 1.96. The van der Waals surface area contributed by atoms with Crippen LogP contribution in [0.4, 0.5) is 0 Å². The van der Waals surface area contributed by atoms with Crippen molar-refractivity contribution in [2.75, 3.05) is 6.26 Å². The predicted molar refractivity (Wildman–Crippen MR) is 86.2 cm³/mol. The number of benzene rings is 1. The zero-order valence-electron chi connectivity index (χ0n) is 12.4. The fraction of sp³-hybridized carbons (Fsp3) is 0.500. The zero-order valence-corrected chi connectivity index (χ0v) is 13.2. The maximum atomic E-state index is 11.3. The summed E-state index contributed by atoms with van der Waals surface area (Å²) in [6, 6.07) is 5.88. The van der Waals surface area contributed by atoms with Crippen molar-refractivity contribution in [3.63, 3.8) is 0 Å². The second kappa shape index (κ2) is 5.72. The van der Waals surface area contributed by atoms with E-state index in [1.807, 2.05) is 30.8 Å². The summed E-state index contributed by atoms with van der Waals surface area (Å²) in [5.74, 6) is 0.0163. The van der Waals surface area contributed by atoms with Gasteiger partial charge < -0.3 is 9.67 Å². The predicted octanol–water partition coefficient (Wildman–Crippen LogP) is 3.89. The quantitative estimate of drug-likeness (QED) is 0.934. The van der Waals surface area contributed by atoms with E-state index in [9.17, 15) is 9.90 Å². The van der Waals surface area contributed by atoms with Crippen molar-refractivity contribution in [1.82, 2.24) is 9.55 Å². The van der Waals surface area contributed by atoms with Gasteiger partial charge in [-0.05, 0) is 51.0 Å². The maximum absolute atomic E-state index is 11.3. The molecule has 112 valence electrons. The lowest BCUT2D eigenvalue weighted by molar-refractivity contribution is 0.0699. The van der Waals surface area contributed by atoms with Crippen molar-refractivity contribution >= 4 is 28.8 Å². The lowest BCUT2D eigenvalue weighted by Gasteiger charge is -2.29. The number of thioether (sulfide) groups is 1. The fourth-order valence-electron chi connectivity index (χ4n) is 3.41. The highest BCUT2D eigenvalue weighted by atomic mass is 32.2. The van der Waals surface area contributed by atoms with Gasteiger partial charge in [0.25, 0.3) is 0 Å². The van der Waals surface area contributed by atoms with Gasteiger partial charge in [-0.15, -0.1) is 0 Å². The first-order chi connectivity index (χ1) is 10.1. The molecular formula is C16H20N2O2S. The van der Waals surface area contributed by atoms with Crippen LogP contribution in [-0.4, -0.2) is 32.1 Å². The molecule has 1 fully saturated rings. The molecule has 0 bridgehead atoms. The third-order valence-corrected chi connectivity index (χ3v) is 5.61. The average Bonchev–Trinajstić information content (AvgIpc) is 2.82. The molecule has 1 saturated carbocycles. The molecule has 0 spiro atoms. The maximum Gasteiger partial charge on any atom is 0.337 e. The van der Waals surface area contributed by atoms with Crippen LogP contribution in [0.5, 0.6) is 0 Å². The van der Waals surface area contributed by atoms with Crippen molar-refractivity contribution in [1.29, 1.82) is 0 Å². The van der Waals surface area contributed by atoms with Crippen LogP contribution in [0.15, 0.2) is 18.2 Å². The highest BCUT2D eigenvalue weighted by Gasteiger charge is 2.25. The van der Waals surface area contributed by atoms with E-state index in [-0.39, 0.29) is 0 Å². The van der Waals surface area contributed by atoms with E-state index in [4.69, 9.17) is 0 Å². The molecule has 5 heteroatoms. The number of imidazole rings is 1. The van der Waals surface area contributed by atoms with E-state index in [0.29, 0.717) is 17.1 Å². The van der Waals surface area contributed by atoms with E-state index in [0.717, 1.165) is 29.4 Å². The number of carboxylic acids is 1. The van der Waals surface area contributed by atoms with Crippen LogP contribution < -0.4 is 0 Å². The summed E-state index contributed by atoms with van der Waals surface area (Å²) in [6.45, 7) is 1.98. The number of para-hydroxylation sites is 1. The summed E-state index contributed by atoms with van der Waals surface area (Å²) in [6.07, 6.45) is 6.93. The van der Waals surface area contributed by atoms with E-state index in [1.54, 1.807) is 6.07 Å². The van der Waals surface area contributed by atoms with Crippen LogP contribution in [0.2, 0.25) is 0 Å². The van der Waals surface area contributed by atoms with Crippen molar-refractivity contribution in [3.8, 4) is 0 Å². The third kappa shape index (κ3) is 2.55. The fourth-order valence-corrected chi connectivity index (χ4v) is 4.15. The van der Waals surface area contributed by atoms with E-state index in [2.05, 4.69) is 15.8 Å². The van der Waals surface area contributed by atoms with Crippen LogP contribution in [0.1, 0.15) is 47.9 Å². The number of hydrogen-bond acceptors (Lipinski definition) is 3. The standard InChI is InChI=1S/C16H20N2O2S/c1-10-17-15-13(16(19)20)4-3-5-14(15)18(10)11-6-8-12(21-2)9-7-11/h3-5,11-12H,6-9H2,1-2H3,(H,19,20). The third-order valence-electron chi connectivity index (χ3n) is 4.47. The smallest absolute Gasteiger partial charge is 0.337 e. The van der Waals surface area contributed by atoms with Gasteiger partial charge in [-0.3, -0.25) is 0 Å². The van der Waals surface area contributed by atoms with Crippen LogP contribution in [0, 0.1) is 6.92 Å². The van der Waals surface area contributed by atoms with Crippen LogP contribution in [0.3, 0.4) is 0 Å². The molecular weight excluding hydrogens is 284 g/mol. The molecule has 0 unspecified atom stereocenters. The van der Waals surface area contributed by atoms with Crippen LogP contribution >= 0.6 is 11.8 Å². The Morgan fingerprint density at radius 1 is 1.33 bits per heavy atom. The first-order valence-corrected chi connectivity index (χ1v) is 8.64. The van der Waals surface area contributed by atoms with Gasteiger partial charge in [0.1, 0.15) is 11.3 Å². The molecule has 1 aromatic heterocycles. The first kappa shape index (κ1) is 14.4. The van der Waals surface area contributed by atoms with Crippen molar-refractivity contribution in [2.24, 2.45) is 0 Å². The normalized spacial score (nSPS) is 22.6. The lowest BCUT2D eigenvalue weighted by Crippen LogP contribution is -2.20. The minimum absolute atomic E-state index is 0.298. The number of aromatic carboxylic acids is 1. The monoisotopic (exact) mass is 304 g/mol. The van der Waals surface area contributed by atoms with Gasteiger partial charge in [-0.2, -0.15) is 11.8 Å². The molecule has 0 amide bonds. The van der Waals surface area contributed by atoms with Crippen LogP contribution in [-0.2, 0) is 0 Å². The lowest BCUT2D eigenvalue weighted by atomic mass is 9.94. The SMILES string of the molecule is CSC1CCC(n2c(C)nc3c(C(=O)O)cccc32)CC1. The Kier molecular flexibility index (Phi) is 3.93. The van der Waals surface area contributed by atoms with Gasteiger partial charge in [0.05, 0.1) is 11.1 Å². The van der Waals surface area contributed by atoms with Crippen molar-refractivity contribution in [2.45, 2.75) is 43.9 Å². The number of hydrogen-bond donors (Lipinski definition) is 1. The summed E-state index contributed by atoms with van der Waals surface area (Å²) < 4.78 is 2.25. The number of carbonyl (C=O) groups is 1. The van der Waals surface area contributed by atoms with Gasteiger partial charge in [0.15, 0.2) is 0 Å². The Morgan fingerprint density at radius 3 is 2.67 bits per heavy atom. The van der Waals surface area contributed by atoms with E-state index in [1.165, 1.54) is 12.8 Å². The molecule has 21 heavy (non-hydrogen) atoms. The second-order valence-electron chi connectivity index (χ2n) is 5.67. The van der Waals surface area contributed by atoms with E-state index >= 15 is 0 Å². The van der Waals surface area contributed by atoms with Gasteiger partial charge >= 0.3 is 5.97 Å². The second-order valence-corrected chi connectivity index (χ2v) is 6.81. The molecule has 0 atom stereocenters. The molecule has 1 aliphatic rings. The van der Waals surface area contributed by atoms with Crippen molar-refractivity contribution < 1.29 is 9.90 Å². The first-order valence-electron chi connectivity index (χ1n) is 7.35.